The van der Waals surface area contributed by atoms with Crippen LogP contribution in [0.5, 0.6) is 0 Å². The lowest BCUT2D eigenvalue weighted by molar-refractivity contribution is 0.102. The molecule has 110 valence electrons. The summed E-state index contributed by atoms with van der Waals surface area (Å²) in [4.78, 5) is 12.2. The first-order valence-corrected chi connectivity index (χ1v) is 7.26. The molecule has 1 heterocycles. The first kappa shape index (κ1) is 14.6. The fourth-order valence-corrected chi connectivity index (χ4v) is 2.28. The highest BCUT2D eigenvalue weighted by atomic mass is 35.5. The standard InChI is InChI=1S/C16H11Cl2N3O/c17-12-7-6-11(8-13(12)18)16(22)19-15-9-14(20-21-15)10-4-2-1-3-5-10/h1-9H,(H2,19,20,21,22). The van der Waals surface area contributed by atoms with Gasteiger partial charge in [-0.1, -0.05) is 53.5 Å². The summed E-state index contributed by atoms with van der Waals surface area (Å²) in [5, 5.41) is 10.4. The molecule has 0 saturated heterocycles. The summed E-state index contributed by atoms with van der Waals surface area (Å²) in [5.41, 5.74) is 2.23. The fourth-order valence-electron chi connectivity index (χ4n) is 1.98. The van der Waals surface area contributed by atoms with Crippen LogP contribution in [0, 0.1) is 0 Å². The van der Waals surface area contributed by atoms with E-state index in [4.69, 9.17) is 23.2 Å². The highest BCUT2D eigenvalue weighted by Crippen LogP contribution is 2.23. The van der Waals surface area contributed by atoms with Crippen molar-refractivity contribution in [1.29, 1.82) is 0 Å². The van der Waals surface area contributed by atoms with Crippen LogP contribution in [0.4, 0.5) is 5.82 Å². The van der Waals surface area contributed by atoms with Gasteiger partial charge in [0.05, 0.1) is 15.7 Å². The van der Waals surface area contributed by atoms with Crippen LogP contribution in [0.2, 0.25) is 10.0 Å². The average Bonchev–Trinajstić information content (AvgIpc) is 2.99. The SMILES string of the molecule is O=C(Nc1cc(-c2ccccc2)[nH]n1)c1ccc(Cl)c(Cl)c1. The van der Waals surface area contributed by atoms with E-state index in [-0.39, 0.29) is 5.91 Å². The molecule has 1 aromatic heterocycles. The fraction of sp³-hybridized carbons (Fsp3) is 0. The third-order valence-corrected chi connectivity index (χ3v) is 3.83. The Kier molecular flexibility index (Phi) is 4.13. The van der Waals surface area contributed by atoms with E-state index in [9.17, 15) is 4.79 Å². The van der Waals surface area contributed by atoms with Crippen molar-refractivity contribution in [3.05, 3.63) is 70.2 Å². The zero-order valence-electron chi connectivity index (χ0n) is 11.3. The number of hydrogen-bond donors (Lipinski definition) is 2. The molecule has 0 aliphatic carbocycles. The summed E-state index contributed by atoms with van der Waals surface area (Å²) in [6.45, 7) is 0. The van der Waals surface area contributed by atoms with Gasteiger partial charge in [-0.25, -0.2) is 0 Å². The molecule has 2 aromatic carbocycles. The van der Waals surface area contributed by atoms with Crippen LogP contribution in [-0.2, 0) is 0 Å². The number of rotatable bonds is 3. The molecule has 3 aromatic rings. The van der Waals surface area contributed by atoms with Gasteiger partial charge in [-0.05, 0) is 23.8 Å². The number of aromatic nitrogens is 2. The number of hydrogen-bond acceptors (Lipinski definition) is 2. The van der Waals surface area contributed by atoms with Crippen LogP contribution in [0.25, 0.3) is 11.3 Å². The molecule has 22 heavy (non-hydrogen) atoms. The minimum absolute atomic E-state index is 0.301. The van der Waals surface area contributed by atoms with Gasteiger partial charge < -0.3 is 5.32 Å². The summed E-state index contributed by atoms with van der Waals surface area (Å²) in [5.74, 6) is 0.139. The smallest absolute Gasteiger partial charge is 0.256 e. The van der Waals surface area contributed by atoms with Gasteiger partial charge in [-0.3, -0.25) is 9.89 Å². The van der Waals surface area contributed by atoms with E-state index in [2.05, 4.69) is 15.5 Å². The van der Waals surface area contributed by atoms with Gasteiger partial charge in [0, 0.05) is 11.6 Å². The Morgan fingerprint density at radius 1 is 1.00 bits per heavy atom. The molecule has 0 saturated carbocycles. The Labute approximate surface area is 137 Å². The third-order valence-electron chi connectivity index (χ3n) is 3.09. The van der Waals surface area contributed by atoms with Crippen LogP contribution in [0.1, 0.15) is 10.4 Å². The van der Waals surface area contributed by atoms with Crippen molar-refractivity contribution in [3.8, 4) is 11.3 Å². The molecular formula is C16H11Cl2N3O. The van der Waals surface area contributed by atoms with Gasteiger partial charge in [-0.15, -0.1) is 0 Å². The predicted octanol–water partition coefficient (Wildman–Crippen LogP) is 4.64. The number of halogens is 2. The van der Waals surface area contributed by atoms with Crippen molar-refractivity contribution in [2.75, 3.05) is 5.32 Å². The molecule has 2 N–H and O–H groups in total. The highest BCUT2D eigenvalue weighted by molar-refractivity contribution is 6.42. The van der Waals surface area contributed by atoms with Crippen LogP contribution in [-0.4, -0.2) is 16.1 Å². The quantitative estimate of drug-likeness (QED) is 0.734. The Morgan fingerprint density at radius 2 is 1.77 bits per heavy atom. The van der Waals surface area contributed by atoms with E-state index in [0.717, 1.165) is 11.3 Å². The molecule has 0 bridgehead atoms. The van der Waals surface area contributed by atoms with Crippen LogP contribution in [0.3, 0.4) is 0 Å². The first-order chi connectivity index (χ1) is 10.6. The normalized spacial score (nSPS) is 10.5. The molecule has 0 fully saturated rings. The Bertz CT molecular complexity index is 815. The number of amides is 1. The summed E-state index contributed by atoms with van der Waals surface area (Å²) in [6.07, 6.45) is 0. The van der Waals surface area contributed by atoms with Crippen molar-refractivity contribution in [3.63, 3.8) is 0 Å². The number of H-pyrrole nitrogens is 1. The predicted molar refractivity (Wildman–Crippen MR) is 88.4 cm³/mol. The van der Waals surface area contributed by atoms with Gasteiger partial charge in [0.1, 0.15) is 0 Å². The van der Waals surface area contributed by atoms with E-state index >= 15 is 0 Å². The van der Waals surface area contributed by atoms with Crippen molar-refractivity contribution in [2.24, 2.45) is 0 Å². The lowest BCUT2D eigenvalue weighted by Crippen LogP contribution is -2.12. The first-order valence-electron chi connectivity index (χ1n) is 6.51. The lowest BCUT2D eigenvalue weighted by atomic mass is 10.1. The maximum absolute atomic E-state index is 12.2. The molecule has 3 rings (SSSR count). The number of carbonyl (C=O) groups excluding carboxylic acids is 1. The highest BCUT2D eigenvalue weighted by Gasteiger charge is 2.11. The van der Waals surface area contributed by atoms with Gasteiger partial charge >= 0.3 is 0 Å². The van der Waals surface area contributed by atoms with E-state index in [1.165, 1.54) is 6.07 Å². The third kappa shape index (κ3) is 3.13. The zero-order chi connectivity index (χ0) is 15.5. The second kappa shape index (κ2) is 6.22. The molecule has 6 heteroatoms. The van der Waals surface area contributed by atoms with Crippen LogP contribution < -0.4 is 5.32 Å². The molecule has 0 aliphatic rings. The van der Waals surface area contributed by atoms with Crippen molar-refractivity contribution in [1.82, 2.24) is 10.2 Å². The molecular weight excluding hydrogens is 321 g/mol. The molecule has 0 aliphatic heterocycles. The number of anilines is 1. The molecule has 0 spiro atoms. The van der Waals surface area contributed by atoms with Crippen molar-refractivity contribution >= 4 is 34.9 Å². The Balaban J connectivity index is 1.77. The van der Waals surface area contributed by atoms with E-state index in [0.29, 0.717) is 21.4 Å². The van der Waals surface area contributed by atoms with Crippen LogP contribution in [0.15, 0.2) is 54.6 Å². The molecule has 0 unspecified atom stereocenters. The molecule has 1 amide bonds. The van der Waals surface area contributed by atoms with E-state index in [1.807, 2.05) is 30.3 Å². The second-order valence-electron chi connectivity index (χ2n) is 4.62. The summed E-state index contributed by atoms with van der Waals surface area (Å²) in [6, 6.07) is 16.2. The number of nitrogens with one attached hydrogen (secondary N) is 2. The van der Waals surface area contributed by atoms with E-state index < -0.39 is 0 Å². The van der Waals surface area contributed by atoms with Gasteiger partial charge in [-0.2, -0.15) is 5.10 Å². The number of carbonyl (C=O) groups is 1. The Hall–Kier alpha value is -2.30. The Morgan fingerprint density at radius 3 is 2.50 bits per heavy atom. The number of nitrogens with zero attached hydrogens (tertiary/aromatic N) is 1. The second-order valence-corrected chi connectivity index (χ2v) is 5.43. The largest absolute Gasteiger partial charge is 0.305 e. The van der Waals surface area contributed by atoms with E-state index in [1.54, 1.807) is 18.2 Å². The average molecular weight is 332 g/mol. The maximum atomic E-state index is 12.2. The maximum Gasteiger partial charge on any atom is 0.256 e. The molecule has 4 nitrogen and oxygen atoms in total. The minimum atomic E-state index is -0.301. The van der Waals surface area contributed by atoms with Crippen molar-refractivity contribution in [2.45, 2.75) is 0 Å². The zero-order valence-corrected chi connectivity index (χ0v) is 12.8. The van der Waals surface area contributed by atoms with Gasteiger partial charge in [0.25, 0.3) is 5.91 Å². The molecule has 0 radical (unpaired) electrons. The molecule has 0 atom stereocenters. The monoisotopic (exact) mass is 331 g/mol. The van der Waals surface area contributed by atoms with Crippen molar-refractivity contribution < 1.29 is 4.79 Å². The number of benzene rings is 2. The summed E-state index contributed by atoms with van der Waals surface area (Å²) in [7, 11) is 0. The lowest BCUT2D eigenvalue weighted by Gasteiger charge is -2.03. The number of aromatic amines is 1. The van der Waals surface area contributed by atoms with Gasteiger partial charge in [0.2, 0.25) is 0 Å². The topological polar surface area (TPSA) is 57.8 Å². The summed E-state index contributed by atoms with van der Waals surface area (Å²) >= 11 is 11.7. The summed E-state index contributed by atoms with van der Waals surface area (Å²) < 4.78 is 0. The van der Waals surface area contributed by atoms with Crippen LogP contribution >= 0.6 is 23.2 Å². The van der Waals surface area contributed by atoms with Gasteiger partial charge in [0.15, 0.2) is 5.82 Å². The minimum Gasteiger partial charge on any atom is -0.305 e.